The van der Waals surface area contributed by atoms with Gasteiger partial charge in [-0.05, 0) is 25.8 Å². The number of carbonyl (C=O) groups excluding carboxylic acids is 1. The number of hydrogen-bond acceptors (Lipinski definition) is 4. The Bertz CT molecular complexity index is 965. The molecule has 3 rings (SSSR count). The Kier molecular flexibility index (Phi) is 4.69. The number of aromatic nitrogens is 5. The highest BCUT2D eigenvalue weighted by Crippen LogP contribution is 2.15. The van der Waals surface area contributed by atoms with Gasteiger partial charge in [-0.1, -0.05) is 0 Å². The highest BCUT2D eigenvalue weighted by molar-refractivity contribution is 5.76. The van der Waals surface area contributed by atoms with Crippen molar-refractivity contribution in [1.29, 1.82) is 0 Å². The van der Waals surface area contributed by atoms with Gasteiger partial charge in [0.05, 0.1) is 0 Å². The molecule has 0 bridgehead atoms. The summed E-state index contributed by atoms with van der Waals surface area (Å²) in [4.78, 5) is 32.2. The predicted molar refractivity (Wildman–Crippen MR) is 93.5 cm³/mol. The van der Waals surface area contributed by atoms with E-state index in [1.54, 1.807) is 10.7 Å². The van der Waals surface area contributed by atoms with Crippen LogP contribution in [0.3, 0.4) is 0 Å². The molecule has 0 saturated carbocycles. The van der Waals surface area contributed by atoms with Gasteiger partial charge in [0, 0.05) is 56.3 Å². The van der Waals surface area contributed by atoms with Gasteiger partial charge >= 0.3 is 0 Å². The van der Waals surface area contributed by atoms with Crippen molar-refractivity contribution < 1.29 is 4.79 Å². The molecule has 132 valence electrons. The fourth-order valence-corrected chi connectivity index (χ4v) is 3.00. The second-order valence-corrected chi connectivity index (χ2v) is 6.13. The summed E-state index contributed by atoms with van der Waals surface area (Å²) in [6.45, 7) is 4.38. The lowest BCUT2D eigenvalue weighted by Gasteiger charge is -2.11. The number of nitrogens with zero attached hydrogens (tertiary/aromatic N) is 4. The van der Waals surface area contributed by atoms with E-state index in [1.165, 1.54) is 6.07 Å². The van der Waals surface area contributed by atoms with Crippen molar-refractivity contribution in [3.05, 3.63) is 51.6 Å². The van der Waals surface area contributed by atoms with E-state index in [0.29, 0.717) is 31.5 Å². The van der Waals surface area contributed by atoms with Crippen LogP contribution in [0.15, 0.2) is 23.3 Å². The summed E-state index contributed by atoms with van der Waals surface area (Å²) >= 11 is 0. The van der Waals surface area contributed by atoms with Gasteiger partial charge in [-0.15, -0.1) is 0 Å². The van der Waals surface area contributed by atoms with E-state index in [1.807, 2.05) is 31.7 Å². The van der Waals surface area contributed by atoms with Crippen molar-refractivity contribution in [1.82, 2.24) is 29.5 Å². The minimum atomic E-state index is -0.181. The molecule has 25 heavy (non-hydrogen) atoms. The van der Waals surface area contributed by atoms with Crippen molar-refractivity contribution in [2.24, 2.45) is 7.05 Å². The lowest BCUT2D eigenvalue weighted by Crippen LogP contribution is -2.26. The van der Waals surface area contributed by atoms with Crippen LogP contribution in [0.4, 0.5) is 0 Å². The molecule has 0 spiro atoms. The van der Waals surface area contributed by atoms with Gasteiger partial charge < -0.3 is 9.88 Å². The fourth-order valence-electron chi connectivity index (χ4n) is 3.00. The van der Waals surface area contributed by atoms with E-state index in [-0.39, 0.29) is 11.5 Å². The van der Waals surface area contributed by atoms with E-state index in [0.717, 1.165) is 22.8 Å². The summed E-state index contributed by atoms with van der Waals surface area (Å²) in [6, 6.07) is 1.47. The maximum Gasteiger partial charge on any atom is 0.266 e. The molecular formula is C17H22N6O2. The monoisotopic (exact) mass is 342 g/mol. The highest BCUT2D eigenvalue weighted by Gasteiger charge is 2.12. The van der Waals surface area contributed by atoms with Gasteiger partial charge in [-0.3, -0.25) is 14.7 Å². The van der Waals surface area contributed by atoms with Crippen molar-refractivity contribution in [3.8, 4) is 0 Å². The Morgan fingerprint density at radius 2 is 2.12 bits per heavy atom. The quantitative estimate of drug-likeness (QED) is 0.688. The zero-order valence-corrected chi connectivity index (χ0v) is 14.7. The molecule has 3 heterocycles. The second-order valence-electron chi connectivity index (χ2n) is 6.13. The van der Waals surface area contributed by atoms with Gasteiger partial charge in [0.25, 0.3) is 5.56 Å². The van der Waals surface area contributed by atoms with Crippen molar-refractivity contribution >= 4 is 11.6 Å². The molecule has 0 aliphatic heterocycles. The first kappa shape index (κ1) is 16.9. The number of rotatable bonds is 6. The van der Waals surface area contributed by atoms with Crippen molar-refractivity contribution in [2.75, 3.05) is 6.54 Å². The molecule has 0 fully saturated rings. The first-order valence-corrected chi connectivity index (χ1v) is 8.26. The lowest BCUT2D eigenvalue weighted by atomic mass is 10.1. The number of carbonyl (C=O) groups is 1. The number of imidazole rings is 1. The van der Waals surface area contributed by atoms with Crippen molar-refractivity contribution in [3.63, 3.8) is 0 Å². The van der Waals surface area contributed by atoms with Gasteiger partial charge in [0.2, 0.25) is 5.91 Å². The number of nitrogens with one attached hydrogen (secondary N) is 2. The minimum absolute atomic E-state index is 0.00546. The standard InChI is InChI=1S/C17H22N6O2/c1-11-13(12(2)23-15(20-11)10-17(25)21-23)4-5-16(24)19-7-6-14-18-8-9-22(14)3/h8-10H,4-7H2,1-3H3,(H,19,24)(H,21,25). The van der Waals surface area contributed by atoms with Crippen LogP contribution in [0.25, 0.3) is 5.65 Å². The molecule has 0 aromatic carbocycles. The molecular weight excluding hydrogens is 320 g/mol. The Hall–Kier alpha value is -2.90. The van der Waals surface area contributed by atoms with Gasteiger partial charge in [0.1, 0.15) is 5.82 Å². The number of aromatic amines is 1. The minimum Gasteiger partial charge on any atom is -0.356 e. The number of fused-ring (bicyclic) bond motifs is 1. The summed E-state index contributed by atoms with van der Waals surface area (Å²) in [5, 5.41) is 5.65. The molecule has 0 unspecified atom stereocenters. The number of aryl methyl sites for hydroxylation is 3. The maximum atomic E-state index is 12.1. The van der Waals surface area contributed by atoms with Crippen LogP contribution in [0.2, 0.25) is 0 Å². The molecule has 0 aliphatic carbocycles. The van der Waals surface area contributed by atoms with Gasteiger partial charge in [0.15, 0.2) is 5.65 Å². The summed E-state index contributed by atoms with van der Waals surface area (Å²) in [6.07, 6.45) is 5.29. The predicted octanol–water partition coefficient (Wildman–Crippen LogP) is 0.664. The average Bonchev–Trinajstić information content (AvgIpc) is 3.12. The topological polar surface area (TPSA) is 97.1 Å². The molecule has 0 atom stereocenters. The van der Waals surface area contributed by atoms with Crippen LogP contribution >= 0.6 is 0 Å². The molecule has 3 aromatic rings. The third-order valence-corrected chi connectivity index (χ3v) is 4.40. The average molecular weight is 342 g/mol. The Morgan fingerprint density at radius 1 is 1.32 bits per heavy atom. The van der Waals surface area contributed by atoms with E-state index < -0.39 is 0 Å². The van der Waals surface area contributed by atoms with E-state index in [2.05, 4.69) is 20.4 Å². The number of hydrogen-bond donors (Lipinski definition) is 2. The Labute approximate surface area is 144 Å². The smallest absolute Gasteiger partial charge is 0.266 e. The summed E-state index contributed by atoms with van der Waals surface area (Å²) in [7, 11) is 1.93. The number of amides is 1. The molecule has 0 aliphatic rings. The van der Waals surface area contributed by atoms with Crippen LogP contribution < -0.4 is 10.9 Å². The molecule has 0 radical (unpaired) electrons. The first-order valence-electron chi connectivity index (χ1n) is 8.26. The second kappa shape index (κ2) is 6.92. The Balaban J connectivity index is 1.59. The van der Waals surface area contributed by atoms with E-state index in [4.69, 9.17) is 0 Å². The van der Waals surface area contributed by atoms with Gasteiger partial charge in [-0.25, -0.2) is 14.5 Å². The van der Waals surface area contributed by atoms with Crippen LogP contribution in [-0.4, -0.2) is 36.6 Å². The SMILES string of the molecule is Cc1nc2cc(=O)[nH]n2c(C)c1CCC(=O)NCCc1nccn1C. The maximum absolute atomic E-state index is 12.1. The van der Waals surface area contributed by atoms with E-state index in [9.17, 15) is 9.59 Å². The third kappa shape index (κ3) is 3.62. The number of H-pyrrole nitrogens is 1. The van der Waals surface area contributed by atoms with Gasteiger partial charge in [-0.2, -0.15) is 0 Å². The zero-order valence-electron chi connectivity index (χ0n) is 14.7. The summed E-state index contributed by atoms with van der Waals surface area (Å²) < 4.78 is 3.61. The molecule has 1 amide bonds. The summed E-state index contributed by atoms with van der Waals surface area (Å²) in [5.41, 5.74) is 3.16. The Morgan fingerprint density at radius 3 is 2.84 bits per heavy atom. The molecule has 8 nitrogen and oxygen atoms in total. The zero-order chi connectivity index (χ0) is 18.0. The van der Waals surface area contributed by atoms with Crippen LogP contribution in [-0.2, 0) is 24.7 Å². The first-order chi connectivity index (χ1) is 12.0. The largest absolute Gasteiger partial charge is 0.356 e. The van der Waals surface area contributed by atoms with Crippen LogP contribution in [0, 0.1) is 13.8 Å². The highest BCUT2D eigenvalue weighted by atomic mass is 16.1. The normalized spacial score (nSPS) is 11.2. The third-order valence-electron chi connectivity index (χ3n) is 4.40. The van der Waals surface area contributed by atoms with Crippen molar-refractivity contribution in [2.45, 2.75) is 33.1 Å². The molecule has 8 heteroatoms. The van der Waals surface area contributed by atoms with E-state index >= 15 is 0 Å². The van der Waals surface area contributed by atoms with Crippen LogP contribution in [0.5, 0.6) is 0 Å². The molecule has 0 saturated heterocycles. The van der Waals surface area contributed by atoms with Crippen LogP contribution in [0.1, 0.15) is 29.2 Å². The molecule has 3 aromatic heterocycles. The summed E-state index contributed by atoms with van der Waals surface area (Å²) in [5.74, 6) is 0.937. The fraction of sp³-hybridized carbons (Fsp3) is 0.412. The molecule has 2 N–H and O–H groups in total. The lowest BCUT2D eigenvalue weighted by molar-refractivity contribution is -0.121.